The quantitative estimate of drug-likeness (QED) is 0.875. The molecule has 1 aliphatic carbocycles. The number of hydrogen-bond acceptors (Lipinski definition) is 5. The molecule has 4 rings (SSSR count). The van der Waals surface area contributed by atoms with Gasteiger partial charge >= 0.3 is 0 Å². The van der Waals surface area contributed by atoms with Crippen LogP contribution >= 0.6 is 0 Å². The molecule has 5 nitrogen and oxygen atoms in total. The first-order chi connectivity index (χ1) is 12.2. The van der Waals surface area contributed by atoms with E-state index in [1.54, 1.807) is 18.5 Å². The number of aliphatic hydroxyl groups is 1. The zero-order chi connectivity index (χ0) is 17.2. The Labute approximate surface area is 146 Å². The summed E-state index contributed by atoms with van der Waals surface area (Å²) in [6.07, 6.45) is 5.81. The van der Waals surface area contributed by atoms with Crippen molar-refractivity contribution >= 4 is 11.6 Å². The van der Waals surface area contributed by atoms with Crippen LogP contribution in [0.5, 0.6) is 0 Å². The minimum atomic E-state index is -0.187. The number of halogens is 1. The smallest absolute Gasteiger partial charge is 0.134 e. The number of piperidine rings is 1. The maximum atomic E-state index is 13.4. The lowest BCUT2D eigenvalue weighted by Gasteiger charge is -2.35. The fourth-order valence-electron chi connectivity index (χ4n) is 3.73. The fraction of sp³-hybridized carbons (Fsp3) is 0.474. The van der Waals surface area contributed by atoms with Crippen molar-refractivity contribution in [2.24, 2.45) is 0 Å². The van der Waals surface area contributed by atoms with Crippen molar-refractivity contribution in [3.8, 4) is 0 Å². The van der Waals surface area contributed by atoms with E-state index in [4.69, 9.17) is 0 Å². The van der Waals surface area contributed by atoms with Gasteiger partial charge in [0.15, 0.2) is 0 Å². The van der Waals surface area contributed by atoms with Gasteiger partial charge in [-0.25, -0.2) is 14.4 Å². The summed E-state index contributed by atoms with van der Waals surface area (Å²) < 4.78 is 13.4. The van der Waals surface area contributed by atoms with Crippen LogP contribution in [0.2, 0.25) is 0 Å². The van der Waals surface area contributed by atoms with E-state index < -0.39 is 0 Å². The Balaban J connectivity index is 1.44. The largest absolute Gasteiger partial charge is 0.394 e. The molecule has 1 saturated heterocycles. The predicted molar refractivity (Wildman–Crippen MR) is 95.3 cm³/mol. The first-order valence-corrected chi connectivity index (χ1v) is 8.96. The van der Waals surface area contributed by atoms with Crippen LogP contribution in [0.15, 0.2) is 36.7 Å². The molecule has 2 fully saturated rings. The van der Waals surface area contributed by atoms with Gasteiger partial charge in [0.05, 0.1) is 12.6 Å². The molecule has 3 atom stereocenters. The molecule has 2 aromatic rings. The second kappa shape index (κ2) is 6.96. The van der Waals surface area contributed by atoms with Crippen molar-refractivity contribution in [2.45, 2.75) is 43.7 Å². The molecule has 1 saturated carbocycles. The molecule has 0 radical (unpaired) electrons. The van der Waals surface area contributed by atoms with Crippen LogP contribution in [0.3, 0.4) is 0 Å². The number of anilines is 2. The normalized spacial score (nSPS) is 25.7. The summed E-state index contributed by atoms with van der Waals surface area (Å²) >= 11 is 0. The molecule has 1 aromatic heterocycles. The monoisotopic (exact) mass is 342 g/mol. The molecule has 0 spiro atoms. The lowest BCUT2D eigenvalue weighted by molar-refractivity contribution is 0.239. The molecular formula is C19H23FN4O. The average Bonchev–Trinajstić information content (AvgIpc) is 3.41. The van der Waals surface area contributed by atoms with Gasteiger partial charge in [-0.1, -0.05) is 12.1 Å². The van der Waals surface area contributed by atoms with Crippen LogP contribution in [0.4, 0.5) is 16.0 Å². The predicted octanol–water partition coefficient (Wildman–Crippen LogP) is 2.93. The first-order valence-electron chi connectivity index (χ1n) is 8.96. The second-order valence-electron chi connectivity index (χ2n) is 6.94. The van der Waals surface area contributed by atoms with Gasteiger partial charge in [-0.2, -0.15) is 0 Å². The van der Waals surface area contributed by atoms with Crippen LogP contribution in [0.1, 0.15) is 37.2 Å². The Bertz CT molecular complexity index is 741. The van der Waals surface area contributed by atoms with E-state index in [2.05, 4.69) is 20.2 Å². The van der Waals surface area contributed by atoms with Crippen LogP contribution in [0, 0.1) is 5.82 Å². The van der Waals surface area contributed by atoms with Crippen LogP contribution in [-0.2, 0) is 0 Å². The number of hydrogen-bond donors (Lipinski definition) is 2. The topological polar surface area (TPSA) is 61.3 Å². The summed E-state index contributed by atoms with van der Waals surface area (Å²) in [7, 11) is 0. The average molecular weight is 342 g/mol. The molecule has 0 amide bonds. The van der Waals surface area contributed by atoms with Crippen molar-refractivity contribution in [1.29, 1.82) is 0 Å². The molecule has 0 bridgehead atoms. The van der Waals surface area contributed by atoms with Gasteiger partial charge in [-0.15, -0.1) is 0 Å². The highest BCUT2D eigenvalue weighted by Gasteiger charge is 2.38. The molecule has 2 aliphatic rings. The number of nitrogens with one attached hydrogen (secondary N) is 1. The van der Waals surface area contributed by atoms with E-state index in [9.17, 15) is 9.50 Å². The van der Waals surface area contributed by atoms with Crippen LogP contribution < -0.4 is 10.2 Å². The van der Waals surface area contributed by atoms with E-state index >= 15 is 0 Å². The third-order valence-corrected chi connectivity index (χ3v) is 5.19. The first kappa shape index (κ1) is 16.3. The molecule has 2 heterocycles. The maximum absolute atomic E-state index is 13.4. The Morgan fingerprint density at radius 1 is 1.24 bits per heavy atom. The van der Waals surface area contributed by atoms with Gasteiger partial charge in [-0.05, 0) is 43.4 Å². The molecule has 2 N–H and O–H groups in total. The summed E-state index contributed by atoms with van der Waals surface area (Å²) in [4.78, 5) is 10.9. The van der Waals surface area contributed by atoms with Gasteiger partial charge in [-0.3, -0.25) is 0 Å². The zero-order valence-electron chi connectivity index (χ0n) is 14.1. The third-order valence-electron chi connectivity index (χ3n) is 5.19. The number of rotatable bonds is 5. The number of benzene rings is 1. The molecule has 1 aliphatic heterocycles. The van der Waals surface area contributed by atoms with E-state index in [-0.39, 0.29) is 24.5 Å². The summed E-state index contributed by atoms with van der Waals surface area (Å²) in [5.41, 5.74) is 1.03. The minimum Gasteiger partial charge on any atom is -0.394 e. The van der Waals surface area contributed by atoms with E-state index in [0.29, 0.717) is 5.92 Å². The number of nitrogens with zero attached hydrogens (tertiary/aromatic N) is 3. The SMILES string of the molecule is OCC1CCCCN1c1cc(N[C@@H]2C[C@H]2c2cccc(F)c2)ncn1. The lowest BCUT2D eigenvalue weighted by atomic mass is 10.0. The Kier molecular flexibility index (Phi) is 4.53. The van der Waals surface area contributed by atoms with Crippen molar-refractivity contribution in [2.75, 3.05) is 23.4 Å². The Hall–Kier alpha value is -2.21. The van der Waals surface area contributed by atoms with Crippen molar-refractivity contribution in [1.82, 2.24) is 9.97 Å². The number of aromatic nitrogens is 2. The molecule has 25 heavy (non-hydrogen) atoms. The highest BCUT2D eigenvalue weighted by Crippen LogP contribution is 2.42. The van der Waals surface area contributed by atoms with Gasteiger partial charge in [0, 0.05) is 24.6 Å². The molecular weight excluding hydrogens is 319 g/mol. The zero-order valence-corrected chi connectivity index (χ0v) is 14.1. The van der Waals surface area contributed by atoms with Crippen molar-refractivity contribution in [3.05, 3.63) is 48.0 Å². The molecule has 1 unspecified atom stereocenters. The fourth-order valence-corrected chi connectivity index (χ4v) is 3.73. The Morgan fingerprint density at radius 2 is 2.16 bits per heavy atom. The summed E-state index contributed by atoms with van der Waals surface area (Å²) in [5.74, 6) is 1.79. The molecule has 132 valence electrons. The van der Waals surface area contributed by atoms with Crippen molar-refractivity contribution < 1.29 is 9.50 Å². The summed E-state index contributed by atoms with van der Waals surface area (Å²) in [6, 6.07) is 9.18. The number of aliphatic hydroxyl groups excluding tert-OH is 1. The van der Waals surface area contributed by atoms with E-state index in [1.807, 2.05) is 12.1 Å². The highest BCUT2D eigenvalue weighted by molar-refractivity contribution is 5.51. The third kappa shape index (κ3) is 3.58. The highest BCUT2D eigenvalue weighted by atomic mass is 19.1. The van der Waals surface area contributed by atoms with Crippen LogP contribution in [-0.4, -0.2) is 40.3 Å². The van der Waals surface area contributed by atoms with E-state index in [1.165, 1.54) is 6.07 Å². The maximum Gasteiger partial charge on any atom is 0.134 e. The molecule has 6 heteroatoms. The standard InChI is InChI=1S/C19H23FN4O/c20-14-5-3-4-13(8-14)16-9-17(16)23-18-10-19(22-12-21-18)24-7-2-1-6-15(24)11-25/h3-5,8,10,12,15-17,25H,1-2,6-7,9,11H2,(H,21,22,23)/t15?,16-,17+/m0/s1. The summed E-state index contributed by atoms with van der Waals surface area (Å²) in [6.45, 7) is 1.06. The van der Waals surface area contributed by atoms with Crippen LogP contribution in [0.25, 0.3) is 0 Å². The van der Waals surface area contributed by atoms with Gasteiger partial charge in [0.25, 0.3) is 0 Å². The van der Waals surface area contributed by atoms with Crippen molar-refractivity contribution in [3.63, 3.8) is 0 Å². The van der Waals surface area contributed by atoms with E-state index in [0.717, 1.165) is 49.4 Å². The van der Waals surface area contributed by atoms with Gasteiger partial charge in [0.2, 0.25) is 0 Å². The minimum absolute atomic E-state index is 0.137. The lowest BCUT2D eigenvalue weighted by Crippen LogP contribution is -2.42. The van der Waals surface area contributed by atoms with Gasteiger partial charge < -0.3 is 15.3 Å². The Morgan fingerprint density at radius 3 is 3.00 bits per heavy atom. The second-order valence-corrected chi connectivity index (χ2v) is 6.94. The van der Waals surface area contributed by atoms with Gasteiger partial charge in [0.1, 0.15) is 23.8 Å². The summed E-state index contributed by atoms with van der Waals surface area (Å²) in [5, 5.41) is 13.0. The molecule has 1 aromatic carbocycles.